The second-order valence-corrected chi connectivity index (χ2v) is 9.35. The lowest BCUT2D eigenvalue weighted by Gasteiger charge is -2.26. The first-order valence-electron chi connectivity index (χ1n) is 10.4. The molecule has 0 radical (unpaired) electrons. The van der Waals surface area contributed by atoms with Gasteiger partial charge in [-0.2, -0.15) is 4.31 Å². The van der Waals surface area contributed by atoms with Crippen LogP contribution in [0.15, 0.2) is 41.6 Å². The maximum atomic E-state index is 13.1. The van der Waals surface area contributed by atoms with E-state index in [0.29, 0.717) is 19.0 Å². The van der Waals surface area contributed by atoms with Gasteiger partial charge >= 0.3 is 5.97 Å². The number of nitrogens with one attached hydrogen (secondary N) is 1. The van der Waals surface area contributed by atoms with E-state index in [1.54, 1.807) is 25.5 Å². The molecule has 0 aliphatic carbocycles. The average molecular weight is 478 g/mol. The van der Waals surface area contributed by atoms with E-state index in [2.05, 4.69) is 15.3 Å². The molecule has 0 spiro atoms. The molecule has 178 valence electrons. The quantitative estimate of drug-likeness (QED) is 0.531. The number of nitrogens with zero attached hydrogens (tertiary/aromatic N) is 4. The van der Waals surface area contributed by atoms with Crippen LogP contribution in [0.2, 0.25) is 0 Å². The van der Waals surface area contributed by atoms with Crippen molar-refractivity contribution in [3.05, 3.63) is 36.7 Å². The molecule has 1 aromatic carbocycles. The number of piperidine rings is 1. The third-order valence-electron chi connectivity index (χ3n) is 5.00. The summed E-state index contributed by atoms with van der Waals surface area (Å²) in [6, 6.07) is 6.01. The molecule has 1 aromatic heterocycles. The fourth-order valence-corrected chi connectivity index (χ4v) is 5.04. The summed E-state index contributed by atoms with van der Waals surface area (Å²) >= 11 is 0. The van der Waals surface area contributed by atoms with Gasteiger partial charge in [0.1, 0.15) is 17.2 Å². The Morgan fingerprint density at radius 3 is 2.52 bits per heavy atom. The first-order valence-corrected chi connectivity index (χ1v) is 11.9. The summed E-state index contributed by atoms with van der Waals surface area (Å²) < 4.78 is 37.8. The highest BCUT2D eigenvalue weighted by molar-refractivity contribution is 7.89. The van der Waals surface area contributed by atoms with E-state index in [-0.39, 0.29) is 22.9 Å². The Kier molecular flexibility index (Phi) is 8.17. The molecule has 3 rings (SSSR count). The molecular formula is C21H27N5O6S. The second-order valence-electron chi connectivity index (χ2n) is 7.44. The Hall–Kier alpha value is -3.25. The van der Waals surface area contributed by atoms with Crippen molar-refractivity contribution in [3.63, 3.8) is 0 Å². The number of rotatable bonds is 9. The van der Waals surface area contributed by atoms with Gasteiger partial charge in [0, 0.05) is 38.2 Å². The lowest BCUT2D eigenvalue weighted by molar-refractivity contribution is -0.145. The van der Waals surface area contributed by atoms with Crippen LogP contribution in [0.5, 0.6) is 5.75 Å². The molecule has 33 heavy (non-hydrogen) atoms. The zero-order valence-electron chi connectivity index (χ0n) is 18.6. The van der Waals surface area contributed by atoms with Crippen molar-refractivity contribution in [2.75, 3.05) is 50.6 Å². The van der Waals surface area contributed by atoms with E-state index < -0.39 is 28.5 Å². The van der Waals surface area contributed by atoms with Crippen molar-refractivity contribution in [1.82, 2.24) is 14.3 Å². The molecule has 1 aliphatic rings. The summed E-state index contributed by atoms with van der Waals surface area (Å²) in [5.74, 6) is -0.701. The fraction of sp³-hybridized carbons (Fsp3) is 0.429. The summed E-state index contributed by atoms with van der Waals surface area (Å²) in [5.41, 5.74) is 0.252. The summed E-state index contributed by atoms with van der Waals surface area (Å²) in [7, 11) is -0.762. The van der Waals surface area contributed by atoms with Crippen molar-refractivity contribution in [2.45, 2.75) is 24.2 Å². The van der Waals surface area contributed by atoms with E-state index >= 15 is 0 Å². The molecule has 12 heteroatoms. The number of amides is 1. The minimum atomic E-state index is -3.77. The number of aromatic nitrogens is 2. The highest BCUT2D eigenvalue weighted by Crippen LogP contribution is 2.31. The van der Waals surface area contributed by atoms with Gasteiger partial charge in [-0.05, 0) is 37.1 Å². The van der Waals surface area contributed by atoms with E-state index in [0.717, 1.165) is 19.3 Å². The number of methoxy groups -OCH3 is 1. The Morgan fingerprint density at radius 2 is 1.85 bits per heavy atom. The van der Waals surface area contributed by atoms with Gasteiger partial charge in [-0.3, -0.25) is 9.59 Å². The van der Waals surface area contributed by atoms with E-state index in [4.69, 9.17) is 9.47 Å². The molecular weight excluding hydrogens is 450 g/mol. The van der Waals surface area contributed by atoms with Crippen LogP contribution in [0.1, 0.15) is 19.3 Å². The standard InChI is InChI=1S/C21H27N5O6S/c1-25(21-22-9-6-10-23-21)14-20(28)32-15-19(27)24-16-7-8-17(31-2)18(13-16)33(29,30)26-11-4-3-5-12-26/h6-10,13H,3-5,11-12,14-15H2,1-2H3,(H,24,27). The topological polar surface area (TPSA) is 131 Å². The predicted molar refractivity (Wildman–Crippen MR) is 120 cm³/mol. The zero-order chi connectivity index (χ0) is 23.8. The molecule has 11 nitrogen and oxygen atoms in total. The van der Waals surface area contributed by atoms with Gasteiger partial charge < -0.3 is 19.7 Å². The van der Waals surface area contributed by atoms with Crippen LogP contribution in [0, 0.1) is 0 Å². The lowest BCUT2D eigenvalue weighted by atomic mass is 10.2. The minimum Gasteiger partial charge on any atom is -0.495 e. The molecule has 1 N–H and O–H groups in total. The fourth-order valence-electron chi connectivity index (χ4n) is 3.34. The molecule has 1 amide bonds. The smallest absolute Gasteiger partial charge is 0.326 e. The van der Waals surface area contributed by atoms with E-state index in [1.807, 2.05) is 0 Å². The van der Waals surface area contributed by atoms with E-state index in [9.17, 15) is 18.0 Å². The van der Waals surface area contributed by atoms with Gasteiger partial charge in [-0.1, -0.05) is 6.42 Å². The van der Waals surface area contributed by atoms with Crippen LogP contribution in [-0.2, 0) is 24.3 Å². The SMILES string of the molecule is COc1ccc(NC(=O)COC(=O)CN(C)c2ncccn2)cc1S(=O)(=O)N1CCCCC1. The maximum absolute atomic E-state index is 13.1. The number of ether oxygens (including phenoxy) is 2. The Morgan fingerprint density at radius 1 is 1.15 bits per heavy atom. The van der Waals surface area contributed by atoms with Gasteiger partial charge in [-0.25, -0.2) is 18.4 Å². The molecule has 2 heterocycles. The van der Waals surface area contributed by atoms with Gasteiger partial charge in [0.15, 0.2) is 6.61 Å². The van der Waals surface area contributed by atoms with Crippen molar-refractivity contribution < 1.29 is 27.5 Å². The number of anilines is 2. The summed E-state index contributed by atoms with van der Waals surface area (Å²) in [6.07, 6.45) is 5.69. The zero-order valence-corrected chi connectivity index (χ0v) is 19.4. The molecule has 0 saturated carbocycles. The number of hydrogen-bond acceptors (Lipinski definition) is 9. The number of carbonyl (C=O) groups is 2. The number of carbonyl (C=O) groups excluding carboxylic acids is 2. The normalized spacial score (nSPS) is 14.4. The number of hydrogen-bond donors (Lipinski definition) is 1. The van der Waals surface area contributed by atoms with Gasteiger partial charge in [0.25, 0.3) is 5.91 Å². The lowest BCUT2D eigenvalue weighted by Crippen LogP contribution is -2.35. The first kappa shape index (κ1) is 24.4. The minimum absolute atomic E-state index is 0.0221. The number of benzene rings is 1. The van der Waals surface area contributed by atoms with Gasteiger partial charge in [0.05, 0.1) is 7.11 Å². The Labute approximate surface area is 192 Å². The molecule has 1 fully saturated rings. The Balaban J connectivity index is 1.60. The van der Waals surface area contributed by atoms with Crippen LogP contribution in [0.3, 0.4) is 0 Å². The Bertz CT molecular complexity index is 1070. The second kappa shape index (κ2) is 11.1. The monoisotopic (exact) mass is 477 g/mol. The first-order chi connectivity index (χ1) is 15.8. The van der Waals surface area contributed by atoms with Crippen LogP contribution in [-0.4, -0.2) is 75.0 Å². The largest absolute Gasteiger partial charge is 0.495 e. The summed E-state index contributed by atoms with van der Waals surface area (Å²) in [6.45, 7) is 0.224. The van der Waals surface area contributed by atoms with Crippen LogP contribution >= 0.6 is 0 Å². The van der Waals surface area contributed by atoms with Crippen LogP contribution in [0.4, 0.5) is 11.6 Å². The van der Waals surface area contributed by atoms with Crippen molar-refractivity contribution in [1.29, 1.82) is 0 Å². The predicted octanol–water partition coefficient (Wildman–Crippen LogP) is 1.28. The van der Waals surface area contributed by atoms with Crippen LogP contribution in [0.25, 0.3) is 0 Å². The highest BCUT2D eigenvalue weighted by Gasteiger charge is 2.29. The molecule has 0 bridgehead atoms. The third kappa shape index (κ3) is 6.39. The molecule has 0 unspecified atom stereocenters. The van der Waals surface area contributed by atoms with Crippen molar-refractivity contribution >= 4 is 33.5 Å². The molecule has 1 aliphatic heterocycles. The van der Waals surface area contributed by atoms with Crippen molar-refractivity contribution in [2.24, 2.45) is 0 Å². The summed E-state index contributed by atoms with van der Waals surface area (Å²) in [4.78, 5) is 33.8. The number of esters is 1. The highest BCUT2D eigenvalue weighted by atomic mass is 32.2. The molecule has 2 aromatic rings. The van der Waals surface area contributed by atoms with E-state index in [1.165, 1.54) is 34.5 Å². The number of likely N-dealkylation sites (N-methyl/N-ethyl adjacent to an activating group) is 1. The molecule has 0 atom stereocenters. The van der Waals surface area contributed by atoms with Crippen LogP contribution < -0.4 is 15.0 Å². The maximum Gasteiger partial charge on any atom is 0.326 e. The summed E-state index contributed by atoms with van der Waals surface area (Å²) in [5, 5.41) is 2.56. The number of sulfonamides is 1. The molecule has 1 saturated heterocycles. The third-order valence-corrected chi connectivity index (χ3v) is 6.92. The van der Waals surface area contributed by atoms with Gasteiger partial charge in [-0.15, -0.1) is 0 Å². The van der Waals surface area contributed by atoms with Gasteiger partial charge in [0.2, 0.25) is 16.0 Å². The van der Waals surface area contributed by atoms with Crippen molar-refractivity contribution in [3.8, 4) is 5.75 Å². The average Bonchev–Trinajstić information content (AvgIpc) is 2.83.